The molecule has 0 saturated heterocycles. The molecule has 0 saturated carbocycles. The van der Waals surface area contributed by atoms with Gasteiger partial charge in [0.05, 0.1) is 8.80 Å². The standard InChI is InChI=1S/C10H15Si.FH/c1-3-11(4-2)10-8-6-5-7-9-10;/h5-9H,3-4H2,1-2H3;1H. The third kappa shape index (κ3) is 2.78. The lowest BCUT2D eigenvalue weighted by Crippen LogP contribution is -2.27. The number of halogens is 1. The van der Waals surface area contributed by atoms with Gasteiger partial charge in [-0.25, -0.2) is 0 Å². The van der Waals surface area contributed by atoms with Crippen molar-refractivity contribution >= 4 is 14.0 Å². The van der Waals surface area contributed by atoms with Crippen LogP contribution in [0.3, 0.4) is 0 Å². The van der Waals surface area contributed by atoms with Crippen molar-refractivity contribution in [2.75, 3.05) is 0 Å². The Bertz CT molecular complexity index is 194. The zero-order valence-electron chi connectivity index (χ0n) is 7.71. The maximum absolute atomic E-state index is 2.30. The summed E-state index contributed by atoms with van der Waals surface area (Å²) in [5, 5.41) is 1.59. The van der Waals surface area contributed by atoms with Crippen molar-refractivity contribution < 1.29 is 4.70 Å². The third-order valence-corrected chi connectivity index (χ3v) is 4.89. The van der Waals surface area contributed by atoms with Crippen molar-refractivity contribution in [1.29, 1.82) is 0 Å². The average molecular weight is 183 g/mol. The molecule has 1 rings (SSSR count). The summed E-state index contributed by atoms with van der Waals surface area (Å²) < 4.78 is 0. The molecule has 0 aliphatic heterocycles. The average Bonchev–Trinajstić information content (AvgIpc) is 2.09. The fourth-order valence-electron chi connectivity index (χ4n) is 1.33. The van der Waals surface area contributed by atoms with Crippen LogP contribution in [0, 0.1) is 0 Å². The van der Waals surface area contributed by atoms with E-state index in [1.54, 1.807) is 5.19 Å². The SMILES string of the molecule is CC[Si](CC)c1ccccc1.F. The van der Waals surface area contributed by atoms with Gasteiger partial charge in [-0.3, -0.25) is 4.70 Å². The fourth-order valence-corrected chi connectivity index (χ4v) is 3.31. The van der Waals surface area contributed by atoms with Gasteiger partial charge in [0, 0.05) is 0 Å². The minimum atomic E-state index is -0.201. The number of hydrogen-bond donors (Lipinski definition) is 0. The van der Waals surface area contributed by atoms with Crippen LogP contribution in [0.1, 0.15) is 13.8 Å². The Hall–Kier alpha value is -0.633. The van der Waals surface area contributed by atoms with Crippen LogP contribution in [-0.2, 0) is 0 Å². The Kier molecular flexibility index (Phi) is 5.63. The molecule has 1 radical (unpaired) electrons. The lowest BCUT2D eigenvalue weighted by Gasteiger charge is -2.08. The topological polar surface area (TPSA) is 0 Å². The molecule has 0 N–H and O–H groups in total. The molecular weight excluding hydrogens is 167 g/mol. The van der Waals surface area contributed by atoms with Gasteiger partial charge in [0.2, 0.25) is 0 Å². The van der Waals surface area contributed by atoms with Crippen molar-refractivity contribution in [1.82, 2.24) is 0 Å². The molecule has 0 aromatic heterocycles. The molecule has 12 heavy (non-hydrogen) atoms. The summed E-state index contributed by atoms with van der Waals surface area (Å²) in [6, 6.07) is 13.6. The molecule has 0 fully saturated rings. The van der Waals surface area contributed by atoms with Crippen LogP contribution in [-0.4, -0.2) is 8.80 Å². The molecule has 0 heterocycles. The second kappa shape index (κ2) is 5.95. The summed E-state index contributed by atoms with van der Waals surface area (Å²) in [6.07, 6.45) is 0. The van der Waals surface area contributed by atoms with Gasteiger partial charge in [0.1, 0.15) is 0 Å². The van der Waals surface area contributed by atoms with Gasteiger partial charge in [-0.2, -0.15) is 0 Å². The maximum Gasteiger partial charge on any atom is 0.0850 e. The van der Waals surface area contributed by atoms with E-state index in [-0.39, 0.29) is 13.5 Å². The van der Waals surface area contributed by atoms with Gasteiger partial charge >= 0.3 is 0 Å². The highest BCUT2D eigenvalue weighted by Gasteiger charge is 2.06. The highest BCUT2D eigenvalue weighted by atomic mass is 28.3. The van der Waals surface area contributed by atoms with Crippen LogP contribution in [0.4, 0.5) is 4.70 Å². The van der Waals surface area contributed by atoms with E-state index in [1.165, 1.54) is 12.1 Å². The Morgan fingerprint density at radius 3 is 1.92 bits per heavy atom. The highest BCUT2D eigenvalue weighted by molar-refractivity contribution is 6.73. The summed E-state index contributed by atoms with van der Waals surface area (Å²) in [7, 11) is -0.201. The number of benzene rings is 1. The van der Waals surface area contributed by atoms with Crippen LogP contribution in [0.25, 0.3) is 0 Å². The largest absolute Gasteiger partial charge is 0.269 e. The molecule has 2 heteroatoms. The van der Waals surface area contributed by atoms with E-state index >= 15 is 0 Å². The Morgan fingerprint density at radius 2 is 1.50 bits per heavy atom. The minimum absolute atomic E-state index is 0. The van der Waals surface area contributed by atoms with Crippen molar-refractivity contribution in [2.24, 2.45) is 0 Å². The minimum Gasteiger partial charge on any atom is -0.269 e. The molecule has 0 aliphatic rings. The maximum atomic E-state index is 2.30. The molecule has 0 bridgehead atoms. The molecule has 0 spiro atoms. The van der Waals surface area contributed by atoms with Crippen LogP contribution in [0.2, 0.25) is 12.1 Å². The Labute approximate surface area is 75.6 Å². The van der Waals surface area contributed by atoms with Crippen molar-refractivity contribution in [3.8, 4) is 0 Å². The van der Waals surface area contributed by atoms with E-state index < -0.39 is 0 Å². The van der Waals surface area contributed by atoms with Crippen LogP contribution < -0.4 is 5.19 Å². The Balaban J connectivity index is 0.00000121. The summed E-state index contributed by atoms with van der Waals surface area (Å²) in [5.74, 6) is 0. The van der Waals surface area contributed by atoms with E-state index in [2.05, 4.69) is 44.2 Å². The molecule has 67 valence electrons. The van der Waals surface area contributed by atoms with Gasteiger partial charge in [0.15, 0.2) is 0 Å². The lowest BCUT2D eigenvalue weighted by atomic mass is 10.4. The van der Waals surface area contributed by atoms with Gasteiger partial charge < -0.3 is 0 Å². The predicted octanol–water partition coefficient (Wildman–Crippen LogP) is 2.58. The molecule has 1 aromatic carbocycles. The number of rotatable bonds is 3. The molecule has 0 aliphatic carbocycles. The quantitative estimate of drug-likeness (QED) is 0.632. The predicted molar refractivity (Wildman–Crippen MR) is 55.3 cm³/mol. The second-order valence-electron chi connectivity index (χ2n) is 2.68. The first-order chi connectivity index (χ1) is 5.38. The first-order valence-electron chi connectivity index (χ1n) is 4.28. The molecule has 0 amide bonds. The normalized spacial score (nSPS) is 9.58. The molecule has 0 nitrogen and oxygen atoms in total. The van der Waals surface area contributed by atoms with E-state index in [0.717, 1.165) is 0 Å². The lowest BCUT2D eigenvalue weighted by molar-refractivity contribution is 1.11. The molecular formula is C10H16FSi. The van der Waals surface area contributed by atoms with Crippen LogP contribution in [0.5, 0.6) is 0 Å². The first kappa shape index (κ1) is 11.4. The highest BCUT2D eigenvalue weighted by Crippen LogP contribution is 1.98. The number of hydrogen-bond acceptors (Lipinski definition) is 0. The zero-order chi connectivity index (χ0) is 8.10. The van der Waals surface area contributed by atoms with Crippen molar-refractivity contribution in [2.45, 2.75) is 25.9 Å². The third-order valence-electron chi connectivity index (χ3n) is 2.04. The summed E-state index contributed by atoms with van der Waals surface area (Å²) >= 11 is 0. The van der Waals surface area contributed by atoms with Crippen molar-refractivity contribution in [3.63, 3.8) is 0 Å². The van der Waals surface area contributed by atoms with E-state index in [4.69, 9.17) is 0 Å². The van der Waals surface area contributed by atoms with E-state index in [9.17, 15) is 0 Å². The summed E-state index contributed by atoms with van der Waals surface area (Å²) in [6.45, 7) is 4.59. The molecule has 0 atom stereocenters. The van der Waals surface area contributed by atoms with Gasteiger partial charge in [-0.1, -0.05) is 61.5 Å². The van der Waals surface area contributed by atoms with Gasteiger partial charge in [-0.15, -0.1) is 0 Å². The van der Waals surface area contributed by atoms with Gasteiger partial charge in [0.25, 0.3) is 0 Å². The summed E-state index contributed by atoms with van der Waals surface area (Å²) in [4.78, 5) is 0. The summed E-state index contributed by atoms with van der Waals surface area (Å²) in [5.41, 5.74) is 0. The smallest absolute Gasteiger partial charge is 0.0850 e. The molecule has 0 unspecified atom stereocenters. The monoisotopic (exact) mass is 183 g/mol. The Morgan fingerprint density at radius 1 is 1.00 bits per heavy atom. The molecule has 1 aromatic rings. The first-order valence-corrected chi connectivity index (χ1v) is 6.20. The van der Waals surface area contributed by atoms with Crippen molar-refractivity contribution in [3.05, 3.63) is 30.3 Å². The van der Waals surface area contributed by atoms with Gasteiger partial charge in [-0.05, 0) is 0 Å². The van der Waals surface area contributed by atoms with Crippen LogP contribution in [0.15, 0.2) is 30.3 Å². The second-order valence-corrected chi connectivity index (χ2v) is 5.88. The van der Waals surface area contributed by atoms with Crippen LogP contribution >= 0.6 is 0 Å². The fraction of sp³-hybridized carbons (Fsp3) is 0.400. The zero-order valence-corrected chi connectivity index (χ0v) is 8.71. The van der Waals surface area contributed by atoms with E-state index in [0.29, 0.717) is 0 Å². The van der Waals surface area contributed by atoms with E-state index in [1.807, 2.05) is 0 Å².